The van der Waals surface area contributed by atoms with E-state index in [1.165, 1.54) is 38.8 Å². The van der Waals surface area contributed by atoms with Crippen molar-refractivity contribution in [1.29, 1.82) is 0 Å². The van der Waals surface area contributed by atoms with E-state index >= 15 is 0 Å². The van der Waals surface area contributed by atoms with Gasteiger partial charge in [0.15, 0.2) is 0 Å². The number of hydrogen-bond acceptors (Lipinski definition) is 2. The van der Waals surface area contributed by atoms with Crippen LogP contribution in [0.3, 0.4) is 0 Å². The third-order valence-corrected chi connectivity index (χ3v) is 7.18. The molecule has 2 bridgehead atoms. The highest BCUT2D eigenvalue weighted by Crippen LogP contribution is 2.65. The van der Waals surface area contributed by atoms with Crippen molar-refractivity contribution in [3.63, 3.8) is 0 Å². The summed E-state index contributed by atoms with van der Waals surface area (Å²) in [5.74, 6) is 0.956. The molecule has 2 aliphatic carbocycles. The first-order valence-electron chi connectivity index (χ1n) is 8.34. The zero-order valence-electron chi connectivity index (χ0n) is 13.5. The minimum Gasteiger partial charge on any atom is -0.309 e. The Labute approximate surface area is 119 Å². The van der Waals surface area contributed by atoms with Crippen molar-refractivity contribution in [3.05, 3.63) is 0 Å². The first-order valence-corrected chi connectivity index (χ1v) is 8.34. The maximum atomic E-state index is 4.05. The Kier molecular flexibility index (Phi) is 3.26. The normalized spacial score (nSPS) is 45.5. The van der Waals surface area contributed by atoms with Crippen molar-refractivity contribution in [2.75, 3.05) is 13.1 Å². The van der Waals surface area contributed by atoms with Crippen LogP contribution in [0.1, 0.15) is 60.3 Å². The molecule has 0 aromatic rings. The summed E-state index contributed by atoms with van der Waals surface area (Å²) >= 11 is 0. The fraction of sp³-hybridized carbons (Fsp3) is 1.00. The van der Waals surface area contributed by atoms with Crippen LogP contribution in [0.4, 0.5) is 0 Å². The molecule has 0 amide bonds. The molecule has 19 heavy (non-hydrogen) atoms. The first kappa shape index (κ1) is 13.9. The van der Waals surface area contributed by atoms with E-state index in [1.807, 2.05) is 0 Å². The number of rotatable bonds is 3. The molecule has 3 fully saturated rings. The second kappa shape index (κ2) is 4.46. The summed E-state index contributed by atoms with van der Waals surface area (Å²) < 4.78 is 0. The second-order valence-electron chi connectivity index (χ2n) is 8.40. The summed E-state index contributed by atoms with van der Waals surface area (Å²) in [6, 6.07) is 2.21. The lowest BCUT2D eigenvalue weighted by Crippen LogP contribution is -2.49. The van der Waals surface area contributed by atoms with Crippen molar-refractivity contribution < 1.29 is 0 Å². The topological polar surface area (TPSA) is 15.3 Å². The Bertz CT molecular complexity index is 349. The standard InChI is InChI=1S/C17H32N2/c1-12(2)19-9-7-14(11-19)18-15-10-13-6-8-17(15,5)16(13,3)4/h12-15,18H,6-11H2,1-5H3. The molecule has 1 aliphatic heterocycles. The van der Waals surface area contributed by atoms with Crippen LogP contribution in [0.5, 0.6) is 0 Å². The van der Waals surface area contributed by atoms with Gasteiger partial charge in [-0.1, -0.05) is 20.8 Å². The van der Waals surface area contributed by atoms with E-state index in [1.54, 1.807) is 0 Å². The molecule has 4 atom stereocenters. The van der Waals surface area contributed by atoms with Gasteiger partial charge in [0.05, 0.1) is 0 Å². The summed E-state index contributed by atoms with van der Waals surface area (Å²) in [4.78, 5) is 2.62. The van der Waals surface area contributed by atoms with Gasteiger partial charge >= 0.3 is 0 Å². The van der Waals surface area contributed by atoms with Crippen molar-refractivity contribution in [1.82, 2.24) is 10.2 Å². The van der Waals surface area contributed by atoms with E-state index in [0.29, 0.717) is 16.9 Å². The second-order valence-corrected chi connectivity index (χ2v) is 8.40. The highest BCUT2D eigenvalue weighted by molar-refractivity contribution is 5.13. The Morgan fingerprint density at radius 1 is 1.16 bits per heavy atom. The molecule has 2 nitrogen and oxygen atoms in total. The third kappa shape index (κ3) is 1.98. The lowest BCUT2D eigenvalue weighted by atomic mass is 9.69. The van der Waals surface area contributed by atoms with Crippen molar-refractivity contribution in [2.45, 2.75) is 78.4 Å². The minimum atomic E-state index is 0.531. The molecule has 110 valence electrons. The van der Waals surface area contributed by atoms with Crippen LogP contribution in [-0.2, 0) is 0 Å². The molecular formula is C17H32N2. The van der Waals surface area contributed by atoms with Crippen LogP contribution in [-0.4, -0.2) is 36.1 Å². The molecule has 0 aromatic carbocycles. The van der Waals surface area contributed by atoms with Crippen molar-refractivity contribution in [3.8, 4) is 0 Å². The van der Waals surface area contributed by atoms with E-state index in [0.717, 1.165) is 18.0 Å². The van der Waals surface area contributed by atoms with E-state index in [2.05, 4.69) is 44.8 Å². The predicted molar refractivity (Wildman–Crippen MR) is 81.3 cm³/mol. The van der Waals surface area contributed by atoms with Crippen LogP contribution in [0, 0.1) is 16.7 Å². The van der Waals surface area contributed by atoms with Gasteiger partial charge in [-0.3, -0.25) is 4.90 Å². The smallest absolute Gasteiger partial charge is 0.0210 e. The van der Waals surface area contributed by atoms with E-state index in [9.17, 15) is 0 Å². The molecule has 3 aliphatic rings. The number of fused-ring (bicyclic) bond motifs is 2. The number of hydrogen-bond donors (Lipinski definition) is 1. The molecule has 2 saturated carbocycles. The Morgan fingerprint density at radius 3 is 2.37 bits per heavy atom. The Morgan fingerprint density at radius 2 is 1.89 bits per heavy atom. The van der Waals surface area contributed by atoms with Gasteiger partial charge in [-0.25, -0.2) is 0 Å². The Balaban J connectivity index is 1.64. The van der Waals surface area contributed by atoms with Crippen molar-refractivity contribution >= 4 is 0 Å². The lowest BCUT2D eigenvalue weighted by Gasteiger charge is -2.40. The maximum Gasteiger partial charge on any atom is 0.0210 e. The maximum absolute atomic E-state index is 4.05. The van der Waals surface area contributed by atoms with E-state index < -0.39 is 0 Å². The number of likely N-dealkylation sites (tertiary alicyclic amines) is 1. The largest absolute Gasteiger partial charge is 0.309 e. The highest BCUT2D eigenvalue weighted by Gasteiger charge is 2.61. The lowest BCUT2D eigenvalue weighted by molar-refractivity contribution is 0.115. The van der Waals surface area contributed by atoms with Crippen LogP contribution in [0.25, 0.3) is 0 Å². The van der Waals surface area contributed by atoms with Gasteiger partial charge in [-0.05, 0) is 62.8 Å². The number of nitrogens with one attached hydrogen (secondary N) is 1. The molecule has 3 rings (SSSR count). The molecule has 1 N–H and O–H groups in total. The van der Waals surface area contributed by atoms with Gasteiger partial charge in [-0.15, -0.1) is 0 Å². The summed E-state index contributed by atoms with van der Waals surface area (Å²) in [6.07, 6.45) is 5.66. The minimum absolute atomic E-state index is 0.531. The molecule has 0 aromatic heterocycles. The van der Waals surface area contributed by atoms with Crippen LogP contribution < -0.4 is 5.32 Å². The van der Waals surface area contributed by atoms with Gasteiger partial charge in [0, 0.05) is 24.7 Å². The Hall–Kier alpha value is -0.0800. The van der Waals surface area contributed by atoms with E-state index in [-0.39, 0.29) is 0 Å². The van der Waals surface area contributed by atoms with E-state index in [4.69, 9.17) is 0 Å². The van der Waals surface area contributed by atoms with Crippen molar-refractivity contribution in [2.24, 2.45) is 16.7 Å². The average Bonchev–Trinajstić information content (AvgIpc) is 2.92. The molecule has 1 heterocycles. The summed E-state index contributed by atoms with van der Waals surface area (Å²) in [5, 5.41) is 4.05. The zero-order valence-corrected chi connectivity index (χ0v) is 13.5. The van der Waals surface area contributed by atoms with Crippen LogP contribution in [0.15, 0.2) is 0 Å². The van der Waals surface area contributed by atoms with Gasteiger partial charge in [0.1, 0.15) is 0 Å². The molecule has 4 unspecified atom stereocenters. The molecule has 0 radical (unpaired) electrons. The average molecular weight is 264 g/mol. The molecule has 1 saturated heterocycles. The SMILES string of the molecule is CC(C)N1CCC(NC2CC3CCC2(C)C3(C)C)C1. The monoisotopic (exact) mass is 264 g/mol. The van der Waals surface area contributed by atoms with Crippen LogP contribution >= 0.6 is 0 Å². The molecule has 0 spiro atoms. The highest BCUT2D eigenvalue weighted by atomic mass is 15.2. The summed E-state index contributed by atoms with van der Waals surface area (Å²) in [5.41, 5.74) is 1.07. The zero-order chi connectivity index (χ0) is 13.8. The summed E-state index contributed by atoms with van der Waals surface area (Å²) in [7, 11) is 0. The quantitative estimate of drug-likeness (QED) is 0.841. The van der Waals surface area contributed by atoms with Gasteiger partial charge < -0.3 is 5.32 Å². The molecular weight excluding hydrogens is 232 g/mol. The predicted octanol–water partition coefficient (Wildman–Crippen LogP) is 3.27. The third-order valence-electron chi connectivity index (χ3n) is 7.18. The van der Waals surface area contributed by atoms with Gasteiger partial charge in [0.25, 0.3) is 0 Å². The number of nitrogens with zero attached hydrogens (tertiary/aromatic N) is 1. The first-order chi connectivity index (χ1) is 8.84. The molecule has 2 heteroatoms. The fourth-order valence-electron chi connectivity index (χ4n) is 5.13. The van der Waals surface area contributed by atoms with Crippen LogP contribution in [0.2, 0.25) is 0 Å². The van der Waals surface area contributed by atoms with Gasteiger partial charge in [0.2, 0.25) is 0 Å². The summed E-state index contributed by atoms with van der Waals surface area (Å²) in [6.45, 7) is 14.8. The van der Waals surface area contributed by atoms with Gasteiger partial charge in [-0.2, -0.15) is 0 Å². The fourth-order valence-corrected chi connectivity index (χ4v) is 5.13.